The molecule has 0 fully saturated rings. The summed E-state index contributed by atoms with van der Waals surface area (Å²) in [5.41, 5.74) is 9.09. The molecule has 0 amide bonds. The lowest BCUT2D eigenvalue weighted by atomic mass is 10.1. The van der Waals surface area contributed by atoms with Crippen LogP contribution in [0.5, 0.6) is 5.75 Å². The van der Waals surface area contributed by atoms with Crippen LogP contribution in [0, 0.1) is 19.7 Å². The first-order valence-electron chi connectivity index (χ1n) is 6.28. The molecule has 0 aliphatic carbocycles. The van der Waals surface area contributed by atoms with E-state index in [1.54, 1.807) is 12.1 Å². The Bertz CT molecular complexity index is 531. The molecule has 1 atom stereocenters. The Morgan fingerprint density at radius 1 is 1.05 bits per heavy atom. The van der Waals surface area contributed by atoms with Gasteiger partial charge in [-0.15, -0.1) is 0 Å². The maximum absolute atomic E-state index is 12.8. The van der Waals surface area contributed by atoms with Gasteiger partial charge in [-0.05, 0) is 42.7 Å². The molecule has 0 heterocycles. The minimum atomic E-state index is -0.264. The van der Waals surface area contributed by atoms with Gasteiger partial charge in [0.2, 0.25) is 0 Å². The zero-order chi connectivity index (χ0) is 13.8. The minimum Gasteiger partial charge on any atom is -0.491 e. The zero-order valence-electron chi connectivity index (χ0n) is 11.2. The molecule has 3 heteroatoms. The lowest BCUT2D eigenvalue weighted by Crippen LogP contribution is -2.19. The van der Waals surface area contributed by atoms with Gasteiger partial charge in [0.1, 0.15) is 18.2 Å². The summed E-state index contributed by atoms with van der Waals surface area (Å²) in [6, 6.07) is 11.9. The van der Waals surface area contributed by atoms with Gasteiger partial charge in [0, 0.05) is 0 Å². The second-order valence-corrected chi connectivity index (χ2v) is 4.69. The fraction of sp³-hybridized carbons (Fsp3) is 0.250. The van der Waals surface area contributed by atoms with Crippen molar-refractivity contribution in [1.29, 1.82) is 0 Å². The predicted octanol–water partition coefficient (Wildman–Crippen LogP) is 3.52. The van der Waals surface area contributed by atoms with Crippen LogP contribution in [0.15, 0.2) is 42.5 Å². The predicted molar refractivity (Wildman–Crippen MR) is 74.7 cm³/mol. The number of halogens is 1. The Hall–Kier alpha value is -1.87. The van der Waals surface area contributed by atoms with E-state index >= 15 is 0 Å². The van der Waals surface area contributed by atoms with E-state index in [1.165, 1.54) is 12.1 Å². The molecule has 0 saturated heterocycles. The summed E-state index contributed by atoms with van der Waals surface area (Å²) in [6.07, 6.45) is 0. The van der Waals surface area contributed by atoms with E-state index in [4.69, 9.17) is 10.5 Å². The Labute approximate surface area is 113 Å². The number of hydrogen-bond acceptors (Lipinski definition) is 2. The molecule has 2 rings (SSSR count). The summed E-state index contributed by atoms with van der Waals surface area (Å²) in [7, 11) is 0. The highest BCUT2D eigenvalue weighted by Gasteiger charge is 2.09. The third-order valence-corrected chi connectivity index (χ3v) is 3.11. The third-order valence-electron chi connectivity index (χ3n) is 3.11. The highest BCUT2D eigenvalue weighted by Crippen LogP contribution is 2.23. The molecule has 19 heavy (non-hydrogen) atoms. The van der Waals surface area contributed by atoms with Gasteiger partial charge in [0.15, 0.2) is 0 Å². The zero-order valence-corrected chi connectivity index (χ0v) is 11.2. The summed E-state index contributed by atoms with van der Waals surface area (Å²) in [5, 5.41) is 0. The summed E-state index contributed by atoms with van der Waals surface area (Å²) in [6.45, 7) is 4.38. The van der Waals surface area contributed by atoms with Crippen molar-refractivity contribution < 1.29 is 9.13 Å². The topological polar surface area (TPSA) is 35.2 Å². The van der Waals surface area contributed by atoms with Gasteiger partial charge in [-0.3, -0.25) is 0 Å². The molecule has 0 unspecified atom stereocenters. The average molecular weight is 259 g/mol. The van der Waals surface area contributed by atoms with Crippen LogP contribution in [0.25, 0.3) is 0 Å². The van der Waals surface area contributed by atoms with E-state index in [-0.39, 0.29) is 11.9 Å². The summed E-state index contributed by atoms with van der Waals surface area (Å²) < 4.78 is 18.6. The molecule has 2 nitrogen and oxygen atoms in total. The number of aryl methyl sites for hydroxylation is 2. The quantitative estimate of drug-likeness (QED) is 0.911. The standard InChI is InChI=1S/C16H18FNO/c1-11-4-3-5-12(2)16(11)19-10-15(18)13-6-8-14(17)9-7-13/h3-9,15H,10,18H2,1-2H3/t15-/m0/s1. The maximum atomic E-state index is 12.8. The lowest BCUT2D eigenvalue weighted by molar-refractivity contribution is 0.287. The Morgan fingerprint density at radius 3 is 2.21 bits per heavy atom. The van der Waals surface area contributed by atoms with Crippen molar-refractivity contribution in [3.05, 3.63) is 65.0 Å². The molecule has 0 spiro atoms. The first-order valence-corrected chi connectivity index (χ1v) is 6.28. The molecule has 2 aromatic carbocycles. The number of rotatable bonds is 4. The van der Waals surface area contributed by atoms with Crippen LogP contribution < -0.4 is 10.5 Å². The average Bonchev–Trinajstić information content (AvgIpc) is 2.38. The van der Waals surface area contributed by atoms with E-state index in [1.807, 2.05) is 32.0 Å². The number of ether oxygens (including phenoxy) is 1. The highest BCUT2D eigenvalue weighted by atomic mass is 19.1. The van der Waals surface area contributed by atoms with E-state index in [0.717, 1.165) is 22.4 Å². The van der Waals surface area contributed by atoms with E-state index in [9.17, 15) is 4.39 Å². The summed E-state index contributed by atoms with van der Waals surface area (Å²) in [5.74, 6) is 0.617. The van der Waals surface area contributed by atoms with Crippen LogP contribution in [0.4, 0.5) is 4.39 Å². The van der Waals surface area contributed by atoms with E-state index < -0.39 is 0 Å². The largest absolute Gasteiger partial charge is 0.491 e. The van der Waals surface area contributed by atoms with Gasteiger partial charge >= 0.3 is 0 Å². The Balaban J connectivity index is 2.04. The van der Waals surface area contributed by atoms with Gasteiger partial charge < -0.3 is 10.5 Å². The van der Waals surface area contributed by atoms with Crippen molar-refractivity contribution in [2.45, 2.75) is 19.9 Å². The molecule has 0 aromatic heterocycles. The molecule has 100 valence electrons. The SMILES string of the molecule is Cc1cccc(C)c1OC[C@H](N)c1ccc(F)cc1. The monoisotopic (exact) mass is 259 g/mol. The van der Waals surface area contributed by atoms with Crippen LogP contribution in [-0.4, -0.2) is 6.61 Å². The van der Waals surface area contributed by atoms with Crippen LogP contribution in [0.3, 0.4) is 0 Å². The van der Waals surface area contributed by atoms with Gasteiger partial charge in [0.25, 0.3) is 0 Å². The molecule has 0 bridgehead atoms. The first kappa shape index (κ1) is 13.6. The van der Waals surface area contributed by atoms with Crippen molar-refractivity contribution >= 4 is 0 Å². The fourth-order valence-corrected chi connectivity index (χ4v) is 2.01. The lowest BCUT2D eigenvalue weighted by Gasteiger charge is -2.16. The van der Waals surface area contributed by atoms with Crippen molar-refractivity contribution in [3.8, 4) is 5.75 Å². The van der Waals surface area contributed by atoms with Gasteiger partial charge in [-0.25, -0.2) is 4.39 Å². The van der Waals surface area contributed by atoms with Crippen molar-refractivity contribution in [2.75, 3.05) is 6.61 Å². The van der Waals surface area contributed by atoms with Crippen molar-refractivity contribution in [1.82, 2.24) is 0 Å². The molecule has 0 aliphatic heterocycles. The smallest absolute Gasteiger partial charge is 0.125 e. The molecule has 0 aliphatic rings. The molecular formula is C16H18FNO. The fourth-order valence-electron chi connectivity index (χ4n) is 2.01. The first-order chi connectivity index (χ1) is 9.08. The van der Waals surface area contributed by atoms with Crippen LogP contribution >= 0.6 is 0 Å². The molecule has 2 N–H and O–H groups in total. The molecular weight excluding hydrogens is 241 g/mol. The summed E-state index contributed by atoms with van der Waals surface area (Å²) >= 11 is 0. The number of para-hydroxylation sites is 1. The molecule has 2 aromatic rings. The number of nitrogens with two attached hydrogens (primary N) is 1. The van der Waals surface area contributed by atoms with Crippen LogP contribution in [0.1, 0.15) is 22.7 Å². The third kappa shape index (κ3) is 3.32. The Morgan fingerprint density at radius 2 is 1.63 bits per heavy atom. The van der Waals surface area contributed by atoms with Crippen LogP contribution in [0.2, 0.25) is 0 Å². The van der Waals surface area contributed by atoms with E-state index in [0.29, 0.717) is 6.61 Å². The van der Waals surface area contributed by atoms with E-state index in [2.05, 4.69) is 0 Å². The summed E-state index contributed by atoms with van der Waals surface area (Å²) in [4.78, 5) is 0. The second-order valence-electron chi connectivity index (χ2n) is 4.69. The van der Waals surface area contributed by atoms with Crippen LogP contribution in [-0.2, 0) is 0 Å². The normalized spacial score (nSPS) is 12.2. The van der Waals surface area contributed by atoms with Gasteiger partial charge in [0.05, 0.1) is 6.04 Å². The number of hydrogen-bond donors (Lipinski definition) is 1. The van der Waals surface area contributed by atoms with Crippen molar-refractivity contribution in [2.24, 2.45) is 5.73 Å². The number of benzene rings is 2. The van der Waals surface area contributed by atoms with Gasteiger partial charge in [-0.2, -0.15) is 0 Å². The Kier molecular flexibility index (Phi) is 4.17. The molecule has 0 saturated carbocycles. The maximum Gasteiger partial charge on any atom is 0.125 e. The van der Waals surface area contributed by atoms with Gasteiger partial charge in [-0.1, -0.05) is 30.3 Å². The minimum absolute atomic E-state index is 0.258. The highest BCUT2D eigenvalue weighted by molar-refractivity contribution is 5.39. The van der Waals surface area contributed by atoms with Crippen molar-refractivity contribution in [3.63, 3.8) is 0 Å². The second kappa shape index (κ2) is 5.85. The molecule has 0 radical (unpaired) electrons.